The van der Waals surface area contributed by atoms with Crippen molar-refractivity contribution < 1.29 is 4.74 Å². The van der Waals surface area contributed by atoms with Crippen LogP contribution in [0.1, 0.15) is 18.4 Å². The van der Waals surface area contributed by atoms with Crippen molar-refractivity contribution in [3.05, 3.63) is 45.6 Å². The lowest BCUT2D eigenvalue weighted by Gasteiger charge is -2.30. The van der Waals surface area contributed by atoms with Gasteiger partial charge in [0.15, 0.2) is 0 Å². The number of aromatic amines is 1. The summed E-state index contributed by atoms with van der Waals surface area (Å²) in [5, 5.41) is 4.00. The molecule has 6 heteroatoms. The summed E-state index contributed by atoms with van der Waals surface area (Å²) in [5.74, 6) is 1.49. The monoisotopic (exact) mass is 383 g/mol. The van der Waals surface area contributed by atoms with Crippen LogP contribution in [-0.2, 0) is 0 Å². The maximum Gasteiger partial charge on any atom is 0.266 e. The quantitative estimate of drug-likeness (QED) is 0.708. The number of nitrogens with zero attached hydrogens (tertiary/aromatic N) is 1. The molecule has 4 rings (SSSR count). The molecule has 3 N–H and O–H groups in total. The molecule has 0 radical (unpaired) electrons. The first-order valence-corrected chi connectivity index (χ1v) is 10.3. The van der Waals surface area contributed by atoms with Gasteiger partial charge in [-0.3, -0.25) is 9.69 Å². The largest absolute Gasteiger partial charge is 0.496 e. The van der Waals surface area contributed by atoms with Crippen LogP contribution in [0.3, 0.4) is 0 Å². The summed E-state index contributed by atoms with van der Waals surface area (Å²) in [6.07, 6.45) is 6.69. The first kappa shape index (κ1) is 18.2. The fourth-order valence-corrected chi connectivity index (χ4v) is 4.72. The molecular formula is C21H25N3O2S. The number of piperidine rings is 1. The van der Waals surface area contributed by atoms with Gasteiger partial charge < -0.3 is 15.5 Å². The number of aromatic nitrogens is 1. The topological polar surface area (TPSA) is 71.4 Å². The van der Waals surface area contributed by atoms with Gasteiger partial charge in [0.2, 0.25) is 0 Å². The van der Waals surface area contributed by atoms with Crippen molar-refractivity contribution in [2.45, 2.75) is 12.8 Å². The smallest absolute Gasteiger partial charge is 0.266 e. The third-order valence-electron chi connectivity index (χ3n) is 5.50. The second kappa shape index (κ2) is 7.84. The van der Waals surface area contributed by atoms with Gasteiger partial charge in [-0.2, -0.15) is 0 Å². The van der Waals surface area contributed by atoms with E-state index >= 15 is 0 Å². The van der Waals surface area contributed by atoms with Crippen molar-refractivity contribution in [1.82, 2.24) is 9.88 Å². The molecule has 5 nitrogen and oxygen atoms in total. The van der Waals surface area contributed by atoms with Gasteiger partial charge in [-0.25, -0.2) is 0 Å². The summed E-state index contributed by atoms with van der Waals surface area (Å²) in [4.78, 5) is 17.7. The molecule has 2 aromatic heterocycles. The van der Waals surface area contributed by atoms with E-state index in [2.05, 4.69) is 22.0 Å². The number of pyridine rings is 1. The SMILES string of the molecule is COc1ccc2[nH]c(=O)c3sccc3c2c1C=CCN1CCC(CN)CC1. The van der Waals surface area contributed by atoms with Crippen LogP contribution in [0.5, 0.6) is 5.75 Å². The Labute approximate surface area is 162 Å². The Hall–Kier alpha value is -2.15. The van der Waals surface area contributed by atoms with Crippen molar-refractivity contribution >= 4 is 38.4 Å². The van der Waals surface area contributed by atoms with Crippen LogP contribution in [0.15, 0.2) is 34.4 Å². The van der Waals surface area contributed by atoms with Crippen molar-refractivity contribution in [2.75, 3.05) is 33.3 Å². The highest BCUT2D eigenvalue weighted by Crippen LogP contribution is 2.34. The number of rotatable bonds is 5. The van der Waals surface area contributed by atoms with Crippen LogP contribution >= 0.6 is 11.3 Å². The molecule has 0 aliphatic carbocycles. The summed E-state index contributed by atoms with van der Waals surface area (Å²) in [6.45, 7) is 3.90. The summed E-state index contributed by atoms with van der Waals surface area (Å²) in [6, 6.07) is 5.86. The molecule has 3 heterocycles. The highest BCUT2D eigenvalue weighted by molar-refractivity contribution is 7.17. The number of thiophene rings is 1. The Morgan fingerprint density at radius 2 is 2.15 bits per heavy atom. The van der Waals surface area contributed by atoms with Gasteiger partial charge >= 0.3 is 0 Å². The normalized spacial score (nSPS) is 16.7. The Bertz CT molecular complexity index is 1030. The van der Waals surface area contributed by atoms with E-state index in [1.54, 1.807) is 7.11 Å². The zero-order valence-electron chi connectivity index (χ0n) is 15.5. The van der Waals surface area contributed by atoms with E-state index in [4.69, 9.17) is 10.5 Å². The van der Waals surface area contributed by atoms with E-state index in [0.717, 1.165) is 58.5 Å². The van der Waals surface area contributed by atoms with E-state index in [0.29, 0.717) is 5.92 Å². The number of nitrogens with one attached hydrogen (secondary N) is 1. The summed E-state index contributed by atoms with van der Waals surface area (Å²) in [7, 11) is 1.69. The van der Waals surface area contributed by atoms with E-state index in [1.165, 1.54) is 24.2 Å². The molecule has 1 fully saturated rings. The Balaban J connectivity index is 1.68. The maximum atomic E-state index is 12.3. The highest BCUT2D eigenvalue weighted by atomic mass is 32.1. The lowest BCUT2D eigenvalue weighted by molar-refractivity contribution is 0.204. The van der Waals surface area contributed by atoms with Gasteiger partial charge in [-0.15, -0.1) is 11.3 Å². The number of benzene rings is 1. The fourth-order valence-electron chi connectivity index (χ4n) is 3.92. The number of fused-ring (bicyclic) bond motifs is 3. The van der Waals surface area contributed by atoms with E-state index in [9.17, 15) is 4.79 Å². The lowest BCUT2D eigenvalue weighted by atomic mass is 9.97. The summed E-state index contributed by atoms with van der Waals surface area (Å²) in [5.41, 5.74) is 7.62. The van der Waals surface area contributed by atoms with E-state index in [-0.39, 0.29) is 5.56 Å². The Kier molecular flexibility index (Phi) is 5.29. The van der Waals surface area contributed by atoms with Crippen LogP contribution in [0.25, 0.3) is 27.1 Å². The van der Waals surface area contributed by atoms with Crippen LogP contribution < -0.4 is 16.0 Å². The molecule has 0 amide bonds. The zero-order chi connectivity index (χ0) is 18.8. The van der Waals surface area contributed by atoms with Crippen LogP contribution in [-0.4, -0.2) is 43.2 Å². The number of likely N-dealkylation sites (tertiary alicyclic amines) is 1. The fraction of sp³-hybridized carbons (Fsp3) is 0.381. The Morgan fingerprint density at radius 1 is 1.33 bits per heavy atom. The van der Waals surface area contributed by atoms with Crippen molar-refractivity contribution in [3.8, 4) is 5.75 Å². The van der Waals surface area contributed by atoms with E-state index < -0.39 is 0 Å². The lowest BCUT2D eigenvalue weighted by Crippen LogP contribution is -2.36. The number of methoxy groups -OCH3 is 1. The van der Waals surface area contributed by atoms with Crippen LogP contribution in [0.2, 0.25) is 0 Å². The first-order chi connectivity index (χ1) is 13.2. The van der Waals surface area contributed by atoms with Crippen molar-refractivity contribution in [3.63, 3.8) is 0 Å². The number of nitrogens with two attached hydrogens (primary N) is 1. The zero-order valence-corrected chi connectivity index (χ0v) is 16.3. The van der Waals surface area contributed by atoms with Crippen molar-refractivity contribution in [2.24, 2.45) is 11.7 Å². The second-order valence-corrected chi connectivity index (χ2v) is 8.02. The van der Waals surface area contributed by atoms with Gasteiger partial charge in [-0.05, 0) is 62.0 Å². The molecule has 0 atom stereocenters. The minimum absolute atomic E-state index is 0.0321. The number of H-pyrrole nitrogens is 1. The number of hydrogen-bond acceptors (Lipinski definition) is 5. The van der Waals surface area contributed by atoms with Crippen LogP contribution in [0, 0.1) is 5.92 Å². The third kappa shape index (κ3) is 3.52. The van der Waals surface area contributed by atoms with Gasteiger partial charge in [0.05, 0.1) is 7.11 Å². The van der Waals surface area contributed by atoms with Crippen LogP contribution in [0.4, 0.5) is 0 Å². The summed E-state index contributed by atoms with van der Waals surface area (Å²) < 4.78 is 6.37. The summed E-state index contributed by atoms with van der Waals surface area (Å²) >= 11 is 1.47. The molecule has 1 aliphatic heterocycles. The number of hydrogen-bond donors (Lipinski definition) is 2. The molecule has 0 bridgehead atoms. The molecule has 1 aliphatic rings. The molecule has 0 saturated carbocycles. The molecular weight excluding hydrogens is 358 g/mol. The molecule has 1 saturated heterocycles. The van der Waals surface area contributed by atoms with Gasteiger partial charge in [-0.1, -0.05) is 12.2 Å². The van der Waals surface area contributed by atoms with Gasteiger partial charge in [0.25, 0.3) is 5.56 Å². The highest BCUT2D eigenvalue weighted by Gasteiger charge is 2.17. The molecule has 27 heavy (non-hydrogen) atoms. The molecule has 142 valence electrons. The van der Waals surface area contributed by atoms with E-state index in [1.807, 2.05) is 23.6 Å². The molecule has 1 aromatic carbocycles. The minimum Gasteiger partial charge on any atom is -0.496 e. The molecule has 3 aromatic rings. The maximum absolute atomic E-state index is 12.3. The van der Waals surface area contributed by atoms with Gasteiger partial charge in [0, 0.05) is 28.4 Å². The average Bonchev–Trinajstić information content (AvgIpc) is 3.19. The third-order valence-corrected chi connectivity index (χ3v) is 6.42. The Morgan fingerprint density at radius 3 is 2.89 bits per heavy atom. The van der Waals surface area contributed by atoms with Gasteiger partial charge in [0.1, 0.15) is 10.4 Å². The average molecular weight is 384 g/mol. The standard InChI is InChI=1S/C21H25N3O2S/c1-26-18-5-4-17-19(16-8-12-27-20(16)21(25)23-17)15(18)3-2-9-24-10-6-14(13-22)7-11-24/h2-5,8,12,14H,6-7,9-11,13,22H2,1H3,(H,23,25). The van der Waals surface area contributed by atoms with Crippen molar-refractivity contribution in [1.29, 1.82) is 0 Å². The molecule has 0 spiro atoms. The number of ether oxygens (including phenoxy) is 1. The predicted octanol–water partition coefficient (Wildman–Crippen LogP) is 3.44. The first-order valence-electron chi connectivity index (χ1n) is 9.40. The predicted molar refractivity (Wildman–Crippen MR) is 114 cm³/mol. The molecule has 0 unspecified atom stereocenters. The second-order valence-electron chi connectivity index (χ2n) is 7.10. The minimum atomic E-state index is -0.0321.